The molecule has 2 saturated heterocycles. The van der Waals surface area contributed by atoms with Gasteiger partial charge < -0.3 is 15.4 Å². The van der Waals surface area contributed by atoms with Crippen molar-refractivity contribution in [2.45, 2.75) is 31.5 Å². The van der Waals surface area contributed by atoms with E-state index in [-0.39, 0.29) is 24.4 Å². The Labute approximate surface area is 179 Å². The summed E-state index contributed by atoms with van der Waals surface area (Å²) in [5, 5.41) is 6.28. The SMILES string of the molecule is O=C(NCc1ccccc1Cl)c1ccc(CN2C(=O)NC3(CCOCC3)C2=O)cc1. The molecular formula is C22H22ClN3O4. The van der Waals surface area contributed by atoms with Gasteiger partial charge in [0.2, 0.25) is 0 Å². The number of amides is 4. The van der Waals surface area contributed by atoms with Gasteiger partial charge in [-0.05, 0) is 29.3 Å². The van der Waals surface area contributed by atoms with Gasteiger partial charge in [0.1, 0.15) is 5.54 Å². The van der Waals surface area contributed by atoms with Gasteiger partial charge in [0.25, 0.3) is 11.8 Å². The van der Waals surface area contributed by atoms with Crippen LogP contribution < -0.4 is 10.6 Å². The predicted molar refractivity (Wildman–Crippen MR) is 111 cm³/mol. The van der Waals surface area contributed by atoms with Crippen molar-refractivity contribution in [3.8, 4) is 0 Å². The van der Waals surface area contributed by atoms with Gasteiger partial charge in [0.15, 0.2) is 0 Å². The summed E-state index contributed by atoms with van der Waals surface area (Å²) >= 11 is 6.11. The Kier molecular flexibility index (Phi) is 5.74. The summed E-state index contributed by atoms with van der Waals surface area (Å²) in [6, 6.07) is 13.8. The van der Waals surface area contributed by atoms with Gasteiger partial charge in [-0.25, -0.2) is 4.79 Å². The fourth-order valence-electron chi connectivity index (χ4n) is 3.74. The summed E-state index contributed by atoms with van der Waals surface area (Å²) in [5.41, 5.74) is 1.26. The molecular weight excluding hydrogens is 406 g/mol. The van der Waals surface area contributed by atoms with E-state index < -0.39 is 5.54 Å². The molecule has 156 valence electrons. The van der Waals surface area contributed by atoms with Crippen molar-refractivity contribution < 1.29 is 19.1 Å². The highest BCUT2D eigenvalue weighted by atomic mass is 35.5. The number of hydrogen-bond acceptors (Lipinski definition) is 4. The lowest BCUT2D eigenvalue weighted by atomic mass is 9.90. The van der Waals surface area contributed by atoms with Crippen molar-refractivity contribution >= 4 is 29.4 Å². The number of nitrogens with one attached hydrogen (secondary N) is 2. The molecule has 2 aliphatic rings. The maximum Gasteiger partial charge on any atom is 0.325 e. The number of hydrogen-bond donors (Lipinski definition) is 2. The molecule has 2 N–H and O–H groups in total. The quantitative estimate of drug-likeness (QED) is 0.718. The number of urea groups is 1. The molecule has 2 aromatic rings. The highest BCUT2D eigenvalue weighted by Gasteiger charge is 2.51. The predicted octanol–water partition coefficient (Wildman–Crippen LogP) is 2.87. The van der Waals surface area contributed by atoms with E-state index in [0.29, 0.717) is 43.2 Å². The average Bonchev–Trinajstić information content (AvgIpc) is 2.98. The van der Waals surface area contributed by atoms with Gasteiger partial charge in [0, 0.05) is 43.2 Å². The second-order valence-electron chi connectivity index (χ2n) is 7.49. The molecule has 2 aliphatic heterocycles. The Hall–Kier alpha value is -2.90. The molecule has 0 radical (unpaired) electrons. The van der Waals surface area contributed by atoms with E-state index in [1.54, 1.807) is 30.3 Å². The van der Waals surface area contributed by atoms with Crippen molar-refractivity contribution in [2.75, 3.05) is 13.2 Å². The zero-order valence-electron chi connectivity index (χ0n) is 16.3. The largest absolute Gasteiger partial charge is 0.381 e. The lowest BCUT2D eigenvalue weighted by Crippen LogP contribution is -2.51. The molecule has 1 spiro atoms. The Morgan fingerprint density at radius 2 is 1.80 bits per heavy atom. The van der Waals surface area contributed by atoms with E-state index in [2.05, 4.69) is 10.6 Å². The minimum absolute atomic E-state index is 0.162. The third kappa shape index (κ3) is 4.04. The van der Waals surface area contributed by atoms with Gasteiger partial charge in [-0.3, -0.25) is 14.5 Å². The van der Waals surface area contributed by atoms with Crippen LogP contribution in [0.2, 0.25) is 5.02 Å². The summed E-state index contributed by atoms with van der Waals surface area (Å²) in [4.78, 5) is 38.8. The lowest BCUT2D eigenvalue weighted by molar-refractivity contribution is -0.134. The first-order chi connectivity index (χ1) is 14.5. The molecule has 2 aromatic carbocycles. The van der Waals surface area contributed by atoms with Crippen LogP contribution in [0.3, 0.4) is 0 Å². The van der Waals surface area contributed by atoms with Crippen LogP contribution in [0.1, 0.15) is 34.3 Å². The van der Waals surface area contributed by atoms with Crippen LogP contribution in [0.4, 0.5) is 4.79 Å². The topological polar surface area (TPSA) is 87.7 Å². The lowest BCUT2D eigenvalue weighted by Gasteiger charge is -2.30. The molecule has 0 saturated carbocycles. The molecule has 0 unspecified atom stereocenters. The molecule has 2 heterocycles. The van der Waals surface area contributed by atoms with Crippen molar-refractivity contribution in [1.82, 2.24) is 15.5 Å². The smallest absolute Gasteiger partial charge is 0.325 e. The Morgan fingerprint density at radius 1 is 1.10 bits per heavy atom. The molecule has 2 fully saturated rings. The number of ether oxygens (including phenoxy) is 1. The van der Waals surface area contributed by atoms with Crippen molar-refractivity contribution in [1.29, 1.82) is 0 Å². The molecule has 8 heteroatoms. The summed E-state index contributed by atoms with van der Waals surface area (Å²) < 4.78 is 5.32. The van der Waals surface area contributed by atoms with E-state index in [1.807, 2.05) is 18.2 Å². The Morgan fingerprint density at radius 3 is 2.50 bits per heavy atom. The van der Waals surface area contributed by atoms with E-state index in [4.69, 9.17) is 16.3 Å². The van der Waals surface area contributed by atoms with Crippen molar-refractivity contribution in [2.24, 2.45) is 0 Å². The molecule has 0 atom stereocenters. The molecule has 4 rings (SSSR count). The molecule has 7 nitrogen and oxygen atoms in total. The Bertz CT molecular complexity index is 971. The van der Waals surface area contributed by atoms with Crippen LogP contribution in [-0.2, 0) is 22.6 Å². The monoisotopic (exact) mass is 427 g/mol. The number of nitrogens with zero attached hydrogens (tertiary/aromatic N) is 1. The molecule has 0 aromatic heterocycles. The third-order valence-corrected chi connectivity index (χ3v) is 5.92. The van der Waals surface area contributed by atoms with Gasteiger partial charge in [-0.1, -0.05) is 41.9 Å². The second-order valence-corrected chi connectivity index (χ2v) is 7.89. The van der Waals surface area contributed by atoms with Gasteiger partial charge >= 0.3 is 6.03 Å². The average molecular weight is 428 g/mol. The van der Waals surface area contributed by atoms with Crippen LogP contribution >= 0.6 is 11.6 Å². The summed E-state index contributed by atoms with van der Waals surface area (Å²) in [5.74, 6) is -0.435. The van der Waals surface area contributed by atoms with E-state index in [0.717, 1.165) is 11.1 Å². The standard InChI is InChI=1S/C22H22ClN3O4/c23-18-4-2-1-3-17(18)13-24-19(27)16-7-5-15(6-8-16)14-26-20(28)22(25-21(26)29)9-11-30-12-10-22/h1-8H,9-14H2,(H,24,27)(H,25,29). The summed E-state index contributed by atoms with van der Waals surface area (Å²) in [6.45, 7) is 1.40. The second kappa shape index (κ2) is 8.45. The van der Waals surface area contributed by atoms with Crippen LogP contribution in [0.25, 0.3) is 0 Å². The fraction of sp³-hybridized carbons (Fsp3) is 0.318. The zero-order chi connectivity index (χ0) is 21.1. The van der Waals surface area contributed by atoms with E-state index in [1.165, 1.54) is 4.90 Å². The Balaban J connectivity index is 1.38. The normalized spacial score (nSPS) is 17.8. The van der Waals surface area contributed by atoms with Gasteiger partial charge in [-0.15, -0.1) is 0 Å². The number of halogens is 1. The number of rotatable bonds is 5. The first kappa shape index (κ1) is 20.4. The van der Waals surface area contributed by atoms with Crippen LogP contribution in [0.15, 0.2) is 48.5 Å². The number of imide groups is 1. The van der Waals surface area contributed by atoms with E-state index >= 15 is 0 Å². The summed E-state index contributed by atoms with van der Waals surface area (Å²) in [6.07, 6.45) is 0.969. The van der Waals surface area contributed by atoms with Gasteiger partial charge in [-0.2, -0.15) is 0 Å². The third-order valence-electron chi connectivity index (χ3n) is 5.55. The fourth-order valence-corrected chi connectivity index (χ4v) is 3.94. The number of carbonyl (C=O) groups is 3. The molecule has 0 aliphatic carbocycles. The first-order valence-corrected chi connectivity index (χ1v) is 10.2. The highest BCUT2D eigenvalue weighted by molar-refractivity contribution is 6.31. The van der Waals surface area contributed by atoms with Crippen LogP contribution in [0, 0.1) is 0 Å². The maximum absolute atomic E-state index is 12.8. The zero-order valence-corrected chi connectivity index (χ0v) is 17.1. The maximum atomic E-state index is 12.8. The molecule has 4 amide bonds. The van der Waals surface area contributed by atoms with E-state index in [9.17, 15) is 14.4 Å². The minimum atomic E-state index is -0.839. The molecule has 30 heavy (non-hydrogen) atoms. The summed E-state index contributed by atoms with van der Waals surface area (Å²) in [7, 11) is 0. The minimum Gasteiger partial charge on any atom is -0.381 e. The first-order valence-electron chi connectivity index (χ1n) is 9.81. The number of carbonyl (C=O) groups excluding carboxylic acids is 3. The van der Waals surface area contributed by atoms with Crippen molar-refractivity contribution in [3.63, 3.8) is 0 Å². The van der Waals surface area contributed by atoms with Gasteiger partial charge in [0.05, 0.1) is 6.54 Å². The molecule has 0 bridgehead atoms. The van der Waals surface area contributed by atoms with Crippen molar-refractivity contribution in [3.05, 3.63) is 70.2 Å². The van der Waals surface area contributed by atoms with Crippen LogP contribution in [-0.4, -0.2) is 41.5 Å². The number of benzene rings is 2. The highest BCUT2D eigenvalue weighted by Crippen LogP contribution is 2.29. The van der Waals surface area contributed by atoms with Crippen LogP contribution in [0.5, 0.6) is 0 Å².